The first-order chi connectivity index (χ1) is 3.66. The Morgan fingerprint density at radius 1 is 1.88 bits per heavy atom. The molecule has 0 aliphatic rings. The van der Waals surface area contributed by atoms with Gasteiger partial charge in [0.25, 0.3) is 0 Å². The smallest absolute Gasteiger partial charge is 0.308 e. The second-order valence-corrected chi connectivity index (χ2v) is 1.52. The Labute approximate surface area is 53.1 Å². The van der Waals surface area contributed by atoms with Crippen LogP contribution in [-0.4, -0.2) is 11.0 Å². The van der Waals surface area contributed by atoms with Crippen molar-refractivity contribution in [1.82, 2.24) is 0 Å². The molecular formula is C5H6O2S. The van der Waals surface area contributed by atoms with Gasteiger partial charge in [0.2, 0.25) is 0 Å². The molecular weight excluding hydrogens is 124 g/mol. The number of carbonyl (C=O) groups is 1. The lowest BCUT2D eigenvalue weighted by Crippen LogP contribution is -2.02. The first-order valence-corrected chi connectivity index (χ1v) is 2.42. The molecule has 0 aromatic rings. The molecule has 0 atom stereocenters. The molecule has 0 aromatic heterocycles. The third-order valence-corrected chi connectivity index (χ3v) is 0.661. The minimum absolute atomic E-state index is 0.123. The van der Waals surface area contributed by atoms with E-state index in [-0.39, 0.29) is 5.05 Å². The quantitative estimate of drug-likeness (QED) is 0.301. The van der Waals surface area contributed by atoms with E-state index in [1.54, 1.807) is 0 Å². The molecule has 0 amide bonds. The highest BCUT2D eigenvalue weighted by Crippen LogP contribution is 1.82. The maximum Gasteiger partial charge on any atom is 0.308 e. The maximum absolute atomic E-state index is 10.1. The molecule has 0 saturated carbocycles. The molecule has 0 N–H and O–H groups in total. The fourth-order valence-corrected chi connectivity index (χ4v) is 0.301. The van der Waals surface area contributed by atoms with Crippen molar-refractivity contribution in [3.63, 3.8) is 0 Å². The summed E-state index contributed by atoms with van der Waals surface area (Å²) in [5, 5.41) is 0.123. The van der Waals surface area contributed by atoms with Gasteiger partial charge in [-0.25, -0.2) is 0 Å². The highest BCUT2D eigenvalue weighted by molar-refractivity contribution is 7.80. The van der Waals surface area contributed by atoms with Crippen molar-refractivity contribution < 1.29 is 9.53 Å². The van der Waals surface area contributed by atoms with E-state index in [1.807, 2.05) is 0 Å². The average molecular weight is 130 g/mol. The highest BCUT2D eigenvalue weighted by atomic mass is 32.1. The Kier molecular flexibility index (Phi) is 3.03. The first-order valence-electron chi connectivity index (χ1n) is 2.01. The summed E-state index contributed by atoms with van der Waals surface area (Å²) < 4.78 is 4.37. The number of rotatable bonds is 1. The molecule has 0 rings (SSSR count). The zero-order valence-corrected chi connectivity index (χ0v) is 5.33. The summed E-state index contributed by atoms with van der Waals surface area (Å²) in [7, 11) is 0. The minimum Gasteiger partial charge on any atom is -0.415 e. The number of thiocarbonyl (C=S) groups is 1. The van der Waals surface area contributed by atoms with E-state index in [4.69, 9.17) is 0 Å². The SMILES string of the molecule is C=CC(=S)OC(C)=O. The van der Waals surface area contributed by atoms with Gasteiger partial charge in [-0.3, -0.25) is 4.79 Å². The fourth-order valence-electron chi connectivity index (χ4n) is 0.183. The molecule has 0 spiro atoms. The summed E-state index contributed by atoms with van der Waals surface area (Å²) in [6.07, 6.45) is 1.30. The number of ether oxygens (including phenoxy) is 1. The standard InChI is InChI=1S/C5H6O2S/c1-3-5(8)7-4(2)6/h3H,1H2,2H3. The van der Waals surface area contributed by atoms with Gasteiger partial charge in [0.15, 0.2) is 5.05 Å². The summed E-state index contributed by atoms with van der Waals surface area (Å²) in [5.41, 5.74) is 0. The van der Waals surface area contributed by atoms with E-state index >= 15 is 0 Å². The summed E-state index contributed by atoms with van der Waals surface area (Å²) in [5.74, 6) is -0.408. The first kappa shape index (κ1) is 7.30. The maximum atomic E-state index is 10.1. The highest BCUT2D eigenvalue weighted by Gasteiger charge is 1.92. The summed E-state index contributed by atoms with van der Waals surface area (Å²) in [6, 6.07) is 0. The molecule has 44 valence electrons. The van der Waals surface area contributed by atoms with E-state index in [1.165, 1.54) is 13.0 Å². The van der Waals surface area contributed by atoms with Crippen molar-refractivity contribution in [1.29, 1.82) is 0 Å². The third-order valence-electron chi connectivity index (χ3n) is 0.411. The minimum atomic E-state index is -0.408. The predicted octanol–water partition coefficient (Wildman–Crippen LogP) is 1.06. The zero-order valence-electron chi connectivity index (χ0n) is 4.51. The summed E-state index contributed by atoms with van der Waals surface area (Å²) in [4.78, 5) is 10.1. The molecule has 3 heteroatoms. The van der Waals surface area contributed by atoms with Gasteiger partial charge in [-0.1, -0.05) is 6.58 Å². The Morgan fingerprint density at radius 2 is 2.38 bits per heavy atom. The Morgan fingerprint density at radius 3 is 2.50 bits per heavy atom. The molecule has 0 radical (unpaired) electrons. The van der Waals surface area contributed by atoms with Crippen LogP contribution in [0.1, 0.15) is 6.92 Å². The Hall–Kier alpha value is -0.700. The molecule has 0 saturated heterocycles. The molecule has 0 fully saturated rings. The van der Waals surface area contributed by atoms with Crippen molar-refractivity contribution in [2.75, 3.05) is 0 Å². The normalized spacial score (nSPS) is 7.62. The van der Waals surface area contributed by atoms with E-state index in [0.29, 0.717) is 0 Å². The van der Waals surface area contributed by atoms with Gasteiger partial charge in [-0.05, 0) is 18.3 Å². The molecule has 8 heavy (non-hydrogen) atoms. The lowest BCUT2D eigenvalue weighted by molar-refractivity contribution is -0.132. The average Bonchev–Trinajstić information content (AvgIpc) is 1.65. The topological polar surface area (TPSA) is 26.3 Å². The predicted molar refractivity (Wildman–Crippen MR) is 34.6 cm³/mol. The number of carbonyl (C=O) groups excluding carboxylic acids is 1. The summed E-state index contributed by atoms with van der Waals surface area (Å²) >= 11 is 4.47. The largest absolute Gasteiger partial charge is 0.415 e. The van der Waals surface area contributed by atoms with Gasteiger partial charge in [0, 0.05) is 6.92 Å². The van der Waals surface area contributed by atoms with Crippen LogP contribution in [0.3, 0.4) is 0 Å². The molecule has 0 bridgehead atoms. The fraction of sp³-hybridized carbons (Fsp3) is 0.200. The van der Waals surface area contributed by atoms with Crippen molar-refractivity contribution >= 4 is 23.2 Å². The van der Waals surface area contributed by atoms with Crippen LogP contribution in [0.4, 0.5) is 0 Å². The van der Waals surface area contributed by atoms with Crippen LogP contribution in [0.25, 0.3) is 0 Å². The van der Waals surface area contributed by atoms with Crippen LogP contribution in [0, 0.1) is 0 Å². The van der Waals surface area contributed by atoms with Crippen molar-refractivity contribution in [3.05, 3.63) is 12.7 Å². The van der Waals surface area contributed by atoms with Gasteiger partial charge in [0.05, 0.1) is 0 Å². The van der Waals surface area contributed by atoms with Gasteiger partial charge in [0.1, 0.15) is 0 Å². The van der Waals surface area contributed by atoms with Crippen LogP contribution in [0.2, 0.25) is 0 Å². The number of hydrogen-bond donors (Lipinski definition) is 0. The second kappa shape index (κ2) is 3.32. The van der Waals surface area contributed by atoms with Gasteiger partial charge in [-0.2, -0.15) is 0 Å². The second-order valence-electron chi connectivity index (χ2n) is 1.12. The van der Waals surface area contributed by atoms with Crippen LogP contribution in [-0.2, 0) is 9.53 Å². The molecule has 0 unspecified atom stereocenters. The number of esters is 1. The van der Waals surface area contributed by atoms with Crippen LogP contribution in [0.15, 0.2) is 12.7 Å². The van der Waals surface area contributed by atoms with E-state index in [0.717, 1.165) is 0 Å². The van der Waals surface area contributed by atoms with Gasteiger partial charge in [-0.15, -0.1) is 0 Å². The molecule has 0 aliphatic carbocycles. The van der Waals surface area contributed by atoms with Crippen LogP contribution >= 0.6 is 12.2 Å². The van der Waals surface area contributed by atoms with E-state index in [9.17, 15) is 4.79 Å². The van der Waals surface area contributed by atoms with Crippen molar-refractivity contribution in [3.8, 4) is 0 Å². The molecule has 2 nitrogen and oxygen atoms in total. The lowest BCUT2D eigenvalue weighted by atomic mass is 10.7. The molecule has 0 heterocycles. The van der Waals surface area contributed by atoms with E-state index in [2.05, 4.69) is 23.5 Å². The van der Waals surface area contributed by atoms with E-state index < -0.39 is 5.97 Å². The third kappa shape index (κ3) is 3.49. The number of hydrogen-bond acceptors (Lipinski definition) is 3. The van der Waals surface area contributed by atoms with Crippen LogP contribution < -0.4 is 0 Å². The van der Waals surface area contributed by atoms with Gasteiger partial charge >= 0.3 is 5.97 Å². The Bertz CT molecular complexity index is 128. The molecule has 0 aliphatic heterocycles. The lowest BCUT2D eigenvalue weighted by Gasteiger charge is -1.92. The van der Waals surface area contributed by atoms with Crippen molar-refractivity contribution in [2.24, 2.45) is 0 Å². The summed E-state index contributed by atoms with van der Waals surface area (Å²) in [6.45, 7) is 4.58. The van der Waals surface area contributed by atoms with Gasteiger partial charge < -0.3 is 4.74 Å². The zero-order chi connectivity index (χ0) is 6.57. The van der Waals surface area contributed by atoms with Crippen LogP contribution in [0.5, 0.6) is 0 Å². The van der Waals surface area contributed by atoms with Crippen molar-refractivity contribution in [2.45, 2.75) is 6.92 Å². The monoisotopic (exact) mass is 130 g/mol. The Balaban J connectivity index is 3.55. The molecule has 0 aromatic carbocycles.